The number of hydrogen-bond acceptors (Lipinski definition) is 4. The monoisotopic (exact) mass is 295 g/mol. The van der Waals surface area contributed by atoms with Gasteiger partial charge in [-0.25, -0.2) is 4.98 Å². The molecule has 0 bridgehead atoms. The van der Waals surface area contributed by atoms with E-state index in [1.165, 1.54) is 11.8 Å². The van der Waals surface area contributed by atoms with Gasteiger partial charge in [0.05, 0.1) is 5.69 Å². The number of pyridine rings is 1. The highest BCUT2D eigenvalue weighted by Crippen LogP contribution is 2.19. The Morgan fingerprint density at radius 3 is 2.95 bits per heavy atom. The van der Waals surface area contributed by atoms with Crippen LogP contribution in [0.1, 0.15) is 24.7 Å². The van der Waals surface area contributed by atoms with Crippen molar-refractivity contribution in [2.75, 3.05) is 0 Å². The maximum atomic E-state index is 11.5. The summed E-state index contributed by atoms with van der Waals surface area (Å²) in [6.07, 6.45) is 3.45. The van der Waals surface area contributed by atoms with E-state index in [9.17, 15) is 4.79 Å². The number of hydrogen-bond donors (Lipinski definition) is 1. The minimum atomic E-state index is -0.111. The molecule has 19 heavy (non-hydrogen) atoms. The topological polar surface area (TPSA) is 58.6 Å². The Bertz CT molecular complexity index is 615. The number of nitrogens with one attached hydrogen (secondary N) is 1. The molecule has 0 unspecified atom stereocenters. The van der Waals surface area contributed by atoms with Gasteiger partial charge in [0.1, 0.15) is 0 Å². The lowest BCUT2D eigenvalue weighted by atomic mass is 10.2. The van der Waals surface area contributed by atoms with E-state index in [1.54, 1.807) is 18.3 Å². The largest absolute Gasteiger partial charge is 0.301 e. The molecule has 0 spiro atoms. The normalized spacial score (nSPS) is 10.6. The molecule has 1 N–H and O–H groups in total. The van der Waals surface area contributed by atoms with Crippen LogP contribution in [-0.2, 0) is 12.2 Å². The number of halogens is 1. The maximum absolute atomic E-state index is 11.5. The quantitative estimate of drug-likeness (QED) is 0.680. The van der Waals surface area contributed by atoms with Gasteiger partial charge in [0, 0.05) is 28.7 Å². The van der Waals surface area contributed by atoms with Gasteiger partial charge in [-0.05, 0) is 18.6 Å². The second-order valence-electron chi connectivity index (χ2n) is 4.05. The molecule has 0 radical (unpaired) electrons. The highest BCUT2D eigenvalue weighted by Gasteiger charge is 2.03. The Morgan fingerprint density at radius 2 is 2.21 bits per heavy atom. The third-order valence-electron chi connectivity index (χ3n) is 2.41. The summed E-state index contributed by atoms with van der Waals surface area (Å²) >= 11 is 7.34. The maximum Gasteiger partial charge on any atom is 0.251 e. The highest BCUT2D eigenvalue weighted by atomic mass is 35.5. The van der Waals surface area contributed by atoms with Crippen LogP contribution in [0.5, 0.6) is 0 Å². The fourth-order valence-corrected chi connectivity index (χ4v) is 2.59. The zero-order chi connectivity index (χ0) is 13.7. The van der Waals surface area contributed by atoms with E-state index in [0.29, 0.717) is 15.9 Å². The van der Waals surface area contributed by atoms with Crippen LogP contribution in [0.15, 0.2) is 34.3 Å². The molecule has 0 saturated carbocycles. The summed E-state index contributed by atoms with van der Waals surface area (Å²) in [5.74, 6) is 0.624. The number of thioether (sulfide) groups is 1. The van der Waals surface area contributed by atoms with Crippen molar-refractivity contribution < 1.29 is 0 Å². The number of aryl methyl sites for hydroxylation is 1. The minimum absolute atomic E-state index is 0.111. The molecule has 2 aromatic heterocycles. The van der Waals surface area contributed by atoms with E-state index in [4.69, 9.17) is 11.6 Å². The van der Waals surface area contributed by atoms with Crippen LogP contribution in [0, 0.1) is 0 Å². The van der Waals surface area contributed by atoms with E-state index in [0.717, 1.165) is 24.2 Å². The van der Waals surface area contributed by atoms with Gasteiger partial charge >= 0.3 is 0 Å². The van der Waals surface area contributed by atoms with Crippen molar-refractivity contribution in [3.63, 3.8) is 0 Å². The zero-order valence-electron chi connectivity index (χ0n) is 10.5. The Morgan fingerprint density at radius 1 is 1.37 bits per heavy atom. The molecule has 0 fully saturated rings. The standard InChI is InChI=1S/C13H14ClN3OS/c1-2-3-10-7-12(18)17-13(16-10)19-8-11-6-9(14)4-5-15-11/h4-7H,2-3,8H2,1H3,(H,16,17,18). The van der Waals surface area contributed by atoms with Crippen molar-refractivity contribution in [1.29, 1.82) is 0 Å². The molecule has 0 atom stereocenters. The molecule has 0 aliphatic heterocycles. The number of aromatic nitrogens is 3. The number of H-pyrrole nitrogens is 1. The molecule has 0 aliphatic carbocycles. The Labute approximate surface area is 120 Å². The summed E-state index contributed by atoms with van der Waals surface area (Å²) in [4.78, 5) is 22.9. The molecule has 0 aliphatic rings. The van der Waals surface area contributed by atoms with E-state index in [-0.39, 0.29) is 5.56 Å². The summed E-state index contributed by atoms with van der Waals surface area (Å²) in [7, 11) is 0. The summed E-state index contributed by atoms with van der Waals surface area (Å²) in [5, 5.41) is 1.28. The van der Waals surface area contributed by atoms with Crippen LogP contribution >= 0.6 is 23.4 Å². The summed E-state index contributed by atoms with van der Waals surface area (Å²) in [6.45, 7) is 2.06. The van der Waals surface area contributed by atoms with Crippen LogP contribution in [0.25, 0.3) is 0 Å². The van der Waals surface area contributed by atoms with Crippen molar-refractivity contribution in [3.05, 3.63) is 51.2 Å². The molecule has 2 rings (SSSR count). The molecule has 2 heterocycles. The molecule has 0 saturated heterocycles. The molecule has 0 amide bonds. The van der Waals surface area contributed by atoms with Gasteiger partial charge < -0.3 is 4.98 Å². The molecule has 0 aromatic carbocycles. The second-order valence-corrected chi connectivity index (χ2v) is 5.45. The van der Waals surface area contributed by atoms with Gasteiger partial charge in [-0.3, -0.25) is 9.78 Å². The molecule has 2 aromatic rings. The number of rotatable bonds is 5. The van der Waals surface area contributed by atoms with Gasteiger partial charge in [-0.1, -0.05) is 36.7 Å². The van der Waals surface area contributed by atoms with Gasteiger partial charge in [-0.2, -0.15) is 0 Å². The highest BCUT2D eigenvalue weighted by molar-refractivity contribution is 7.98. The summed E-state index contributed by atoms with van der Waals surface area (Å²) < 4.78 is 0. The van der Waals surface area contributed by atoms with Crippen LogP contribution in [0.2, 0.25) is 5.02 Å². The Balaban J connectivity index is 2.09. The first-order valence-electron chi connectivity index (χ1n) is 6.01. The van der Waals surface area contributed by atoms with E-state index < -0.39 is 0 Å². The zero-order valence-corrected chi connectivity index (χ0v) is 12.1. The SMILES string of the molecule is CCCc1cc(=O)[nH]c(SCc2cc(Cl)ccn2)n1. The first-order valence-corrected chi connectivity index (χ1v) is 7.37. The van der Waals surface area contributed by atoms with Crippen LogP contribution in [-0.4, -0.2) is 15.0 Å². The smallest absolute Gasteiger partial charge is 0.251 e. The van der Waals surface area contributed by atoms with Gasteiger partial charge in [0.2, 0.25) is 0 Å². The van der Waals surface area contributed by atoms with Crippen molar-refractivity contribution in [2.24, 2.45) is 0 Å². The van der Waals surface area contributed by atoms with Crippen LogP contribution in [0.4, 0.5) is 0 Å². The molecule has 100 valence electrons. The lowest BCUT2D eigenvalue weighted by Crippen LogP contribution is -2.10. The van der Waals surface area contributed by atoms with E-state index in [2.05, 4.69) is 21.9 Å². The third kappa shape index (κ3) is 4.36. The van der Waals surface area contributed by atoms with Crippen molar-refractivity contribution in [2.45, 2.75) is 30.7 Å². The summed E-state index contributed by atoms with van der Waals surface area (Å²) in [5.41, 5.74) is 1.58. The van der Waals surface area contributed by atoms with Crippen molar-refractivity contribution >= 4 is 23.4 Å². The average molecular weight is 296 g/mol. The minimum Gasteiger partial charge on any atom is -0.301 e. The van der Waals surface area contributed by atoms with Crippen LogP contribution in [0.3, 0.4) is 0 Å². The Kier molecular flexibility index (Phi) is 4.99. The van der Waals surface area contributed by atoms with E-state index >= 15 is 0 Å². The molecule has 4 nitrogen and oxygen atoms in total. The van der Waals surface area contributed by atoms with E-state index in [1.807, 2.05) is 6.07 Å². The van der Waals surface area contributed by atoms with Crippen LogP contribution < -0.4 is 5.56 Å². The van der Waals surface area contributed by atoms with Crippen molar-refractivity contribution in [1.82, 2.24) is 15.0 Å². The predicted octanol–water partition coefficient (Wildman–Crippen LogP) is 3.06. The predicted molar refractivity (Wildman–Crippen MR) is 77.7 cm³/mol. The second kappa shape index (κ2) is 6.73. The van der Waals surface area contributed by atoms with Gasteiger partial charge in [0.25, 0.3) is 5.56 Å². The molecular weight excluding hydrogens is 282 g/mol. The summed E-state index contributed by atoms with van der Waals surface area (Å²) in [6, 6.07) is 5.09. The first kappa shape index (κ1) is 14.1. The van der Waals surface area contributed by atoms with Gasteiger partial charge in [-0.15, -0.1) is 0 Å². The molecule has 6 heteroatoms. The number of nitrogens with zero attached hydrogens (tertiary/aromatic N) is 2. The first-order chi connectivity index (χ1) is 9.17. The average Bonchev–Trinajstić information content (AvgIpc) is 2.36. The fraction of sp³-hybridized carbons (Fsp3) is 0.308. The fourth-order valence-electron chi connectivity index (χ4n) is 1.61. The third-order valence-corrected chi connectivity index (χ3v) is 3.56. The van der Waals surface area contributed by atoms with Gasteiger partial charge in [0.15, 0.2) is 5.16 Å². The number of aromatic amines is 1. The lowest BCUT2D eigenvalue weighted by Gasteiger charge is -2.03. The lowest BCUT2D eigenvalue weighted by molar-refractivity contribution is 0.815. The molecular formula is C13H14ClN3OS. The Hall–Kier alpha value is -1.33. The van der Waals surface area contributed by atoms with Crippen molar-refractivity contribution in [3.8, 4) is 0 Å².